The van der Waals surface area contributed by atoms with Gasteiger partial charge in [0, 0.05) is 0 Å². The van der Waals surface area contributed by atoms with Gasteiger partial charge in [-0.15, -0.1) is 5.10 Å². The van der Waals surface area contributed by atoms with Crippen molar-refractivity contribution < 1.29 is 4.79 Å². The number of hydrogen-bond acceptors (Lipinski definition) is 5. The fourth-order valence-corrected chi connectivity index (χ4v) is 1.90. The summed E-state index contributed by atoms with van der Waals surface area (Å²) in [6.07, 6.45) is 0. The highest BCUT2D eigenvalue weighted by Crippen LogP contribution is 2.20. The Morgan fingerprint density at radius 1 is 1.53 bits per heavy atom. The Morgan fingerprint density at radius 2 is 2.12 bits per heavy atom. The molecule has 94 valence electrons. The monoisotopic (exact) mass is 272 g/mol. The van der Waals surface area contributed by atoms with E-state index in [0.717, 1.165) is 11.5 Å². The normalized spacial score (nSPS) is 11.6. The van der Waals surface area contributed by atoms with Crippen LogP contribution in [0.25, 0.3) is 0 Å². The molecule has 1 amide bonds. The molecule has 0 aliphatic carbocycles. The fraction of sp³-hybridized carbons (Fsp3) is 0.600. The zero-order valence-corrected chi connectivity index (χ0v) is 11.9. The third kappa shape index (κ3) is 3.19. The second kappa shape index (κ2) is 5.05. The molecular weight excluding hydrogens is 256 g/mol. The van der Waals surface area contributed by atoms with Gasteiger partial charge in [0.1, 0.15) is 4.88 Å². The van der Waals surface area contributed by atoms with Crippen molar-refractivity contribution in [1.82, 2.24) is 14.9 Å². The van der Waals surface area contributed by atoms with Crippen LogP contribution in [0.15, 0.2) is 0 Å². The maximum atomic E-state index is 12.1. The van der Waals surface area contributed by atoms with Crippen LogP contribution in [-0.2, 0) is 0 Å². The Morgan fingerprint density at radius 3 is 2.59 bits per heavy atom. The molecule has 0 fully saturated rings. The lowest BCUT2D eigenvalue weighted by atomic mass is 10.0. The van der Waals surface area contributed by atoms with Crippen LogP contribution >= 0.6 is 23.8 Å². The van der Waals surface area contributed by atoms with E-state index in [-0.39, 0.29) is 16.8 Å². The van der Waals surface area contributed by atoms with Crippen molar-refractivity contribution in [2.45, 2.75) is 39.2 Å². The van der Waals surface area contributed by atoms with Gasteiger partial charge < -0.3 is 11.1 Å². The highest BCUT2D eigenvalue weighted by atomic mass is 32.1. The molecule has 0 saturated heterocycles. The van der Waals surface area contributed by atoms with E-state index in [2.05, 4.69) is 14.9 Å². The molecule has 3 N–H and O–H groups in total. The number of nitrogens with zero attached hydrogens (tertiary/aromatic N) is 2. The SMILES string of the molecule is CC(C)c1nnsc1C(=O)NC(C)(C)C(N)=S. The van der Waals surface area contributed by atoms with Crippen LogP contribution in [0.5, 0.6) is 0 Å². The Kier molecular flexibility index (Phi) is 4.16. The molecule has 1 heterocycles. The minimum absolute atomic E-state index is 0.155. The summed E-state index contributed by atoms with van der Waals surface area (Å²) in [6.45, 7) is 7.45. The largest absolute Gasteiger partial charge is 0.391 e. The predicted molar refractivity (Wildman–Crippen MR) is 72.3 cm³/mol. The highest BCUT2D eigenvalue weighted by molar-refractivity contribution is 7.80. The van der Waals surface area contributed by atoms with Crippen LogP contribution in [0.2, 0.25) is 0 Å². The Hall–Kier alpha value is -1.08. The Labute approximate surface area is 110 Å². The minimum atomic E-state index is -0.718. The molecule has 1 rings (SSSR count). The summed E-state index contributed by atoms with van der Waals surface area (Å²) in [5.41, 5.74) is 5.54. The second-order valence-corrected chi connectivity index (χ2v) is 5.78. The van der Waals surface area contributed by atoms with Gasteiger partial charge in [-0.1, -0.05) is 30.6 Å². The molecule has 0 unspecified atom stereocenters. The Balaban J connectivity index is 2.91. The lowest BCUT2D eigenvalue weighted by molar-refractivity contribution is 0.0935. The lowest BCUT2D eigenvalue weighted by Crippen LogP contribution is -2.52. The van der Waals surface area contributed by atoms with Gasteiger partial charge in [-0.2, -0.15) is 0 Å². The number of thiocarbonyl (C=S) groups is 1. The van der Waals surface area contributed by atoms with Crippen LogP contribution in [0.1, 0.15) is 49.0 Å². The van der Waals surface area contributed by atoms with E-state index in [1.54, 1.807) is 13.8 Å². The summed E-state index contributed by atoms with van der Waals surface area (Å²) in [5, 5.41) is 6.73. The second-order valence-electron chi connectivity index (χ2n) is 4.59. The van der Waals surface area contributed by atoms with Gasteiger partial charge in [-0.05, 0) is 31.3 Å². The number of carbonyl (C=O) groups is 1. The van der Waals surface area contributed by atoms with Crippen molar-refractivity contribution in [2.24, 2.45) is 5.73 Å². The number of carbonyl (C=O) groups excluding carboxylic acids is 1. The molecule has 7 heteroatoms. The quantitative estimate of drug-likeness (QED) is 0.811. The zero-order chi connectivity index (χ0) is 13.2. The first-order chi connectivity index (χ1) is 7.75. The molecule has 1 aromatic heterocycles. The molecule has 17 heavy (non-hydrogen) atoms. The van der Waals surface area contributed by atoms with E-state index < -0.39 is 5.54 Å². The van der Waals surface area contributed by atoms with E-state index in [0.29, 0.717) is 10.6 Å². The summed E-state index contributed by atoms with van der Waals surface area (Å²) in [6, 6.07) is 0. The van der Waals surface area contributed by atoms with Crippen molar-refractivity contribution in [1.29, 1.82) is 0 Å². The van der Waals surface area contributed by atoms with Gasteiger partial charge in [0.25, 0.3) is 5.91 Å². The lowest BCUT2D eigenvalue weighted by Gasteiger charge is -2.24. The van der Waals surface area contributed by atoms with E-state index in [9.17, 15) is 4.79 Å². The molecule has 0 radical (unpaired) electrons. The number of hydrogen-bond donors (Lipinski definition) is 2. The number of aromatic nitrogens is 2. The number of amides is 1. The van der Waals surface area contributed by atoms with Crippen molar-refractivity contribution in [3.8, 4) is 0 Å². The third-order valence-electron chi connectivity index (χ3n) is 2.31. The predicted octanol–water partition coefficient (Wildman–Crippen LogP) is 1.46. The first kappa shape index (κ1) is 14.0. The molecule has 1 aromatic rings. The summed E-state index contributed by atoms with van der Waals surface area (Å²) < 4.78 is 3.81. The zero-order valence-electron chi connectivity index (χ0n) is 10.3. The summed E-state index contributed by atoms with van der Waals surface area (Å²) in [5.74, 6) is -0.0797. The average molecular weight is 272 g/mol. The van der Waals surface area contributed by atoms with Crippen LogP contribution in [-0.4, -0.2) is 26.0 Å². The van der Waals surface area contributed by atoms with Crippen LogP contribution in [0.4, 0.5) is 0 Å². The molecule has 0 atom stereocenters. The van der Waals surface area contributed by atoms with E-state index in [4.69, 9.17) is 18.0 Å². The maximum Gasteiger partial charge on any atom is 0.265 e. The molecule has 0 aliphatic rings. The van der Waals surface area contributed by atoms with Gasteiger partial charge in [0.05, 0.1) is 16.2 Å². The summed E-state index contributed by atoms with van der Waals surface area (Å²) >= 11 is 5.98. The molecular formula is C10H16N4OS2. The van der Waals surface area contributed by atoms with Crippen molar-refractivity contribution in [3.05, 3.63) is 10.6 Å². The number of nitrogens with one attached hydrogen (secondary N) is 1. The van der Waals surface area contributed by atoms with Gasteiger partial charge >= 0.3 is 0 Å². The average Bonchev–Trinajstić information content (AvgIpc) is 2.64. The standard InChI is InChI=1S/C10H16N4OS2/c1-5(2)6-7(17-14-13-6)8(15)12-10(3,4)9(11)16/h5H,1-4H3,(H2,11,16)(H,12,15). The van der Waals surface area contributed by atoms with Gasteiger partial charge in [0.15, 0.2) is 0 Å². The Bertz CT molecular complexity index is 439. The van der Waals surface area contributed by atoms with Crippen molar-refractivity contribution in [3.63, 3.8) is 0 Å². The summed E-state index contributed by atoms with van der Waals surface area (Å²) in [4.78, 5) is 12.8. The molecule has 5 nitrogen and oxygen atoms in total. The molecule has 0 bridgehead atoms. The van der Waals surface area contributed by atoms with E-state index in [1.807, 2.05) is 13.8 Å². The number of rotatable bonds is 4. The smallest absolute Gasteiger partial charge is 0.265 e. The van der Waals surface area contributed by atoms with Crippen LogP contribution in [0, 0.1) is 0 Å². The molecule has 0 aromatic carbocycles. The van der Waals surface area contributed by atoms with Crippen molar-refractivity contribution >= 4 is 34.6 Å². The maximum absolute atomic E-state index is 12.1. The molecule has 0 saturated carbocycles. The van der Waals surface area contributed by atoms with Crippen molar-refractivity contribution in [2.75, 3.05) is 0 Å². The van der Waals surface area contributed by atoms with Gasteiger partial charge in [0.2, 0.25) is 0 Å². The van der Waals surface area contributed by atoms with E-state index >= 15 is 0 Å². The first-order valence-electron chi connectivity index (χ1n) is 5.20. The van der Waals surface area contributed by atoms with Crippen LogP contribution < -0.4 is 11.1 Å². The van der Waals surface area contributed by atoms with Gasteiger partial charge in [-0.3, -0.25) is 4.79 Å². The van der Waals surface area contributed by atoms with E-state index in [1.165, 1.54) is 0 Å². The first-order valence-corrected chi connectivity index (χ1v) is 6.38. The topological polar surface area (TPSA) is 80.9 Å². The highest BCUT2D eigenvalue weighted by Gasteiger charge is 2.27. The molecule has 0 aliphatic heterocycles. The summed E-state index contributed by atoms with van der Waals surface area (Å²) in [7, 11) is 0. The number of nitrogens with two attached hydrogens (primary N) is 1. The molecule has 0 spiro atoms. The van der Waals surface area contributed by atoms with Gasteiger partial charge in [-0.25, -0.2) is 0 Å². The minimum Gasteiger partial charge on any atom is -0.391 e. The third-order valence-corrected chi connectivity index (χ3v) is 3.56. The van der Waals surface area contributed by atoms with Crippen LogP contribution in [0.3, 0.4) is 0 Å². The fourth-order valence-electron chi connectivity index (χ4n) is 1.14.